The van der Waals surface area contributed by atoms with Crippen molar-refractivity contribution in [1.82, 2.24) is 0 Å². The SMILES string of the molecule is CC1CC(C)CN(c2c(NC(=O)C3CC3)cccc2C(=O)O)C1. The zero-order valence-electron chi connectivity index (χ0n) is 13.7. The minimum atomic E-state index is -0.951. The molecule has 2 unspecified atom stereocenters. The van der Waals surface area contributed by atoms with E-state index in [9.17, 15) is 14.7 Å². The van der Waals surface area contributed by atoms with Crippen LogP contribution in [0.1, 0.15) is 43.5 Å². The third kappa shape index (κ3) is 3.49. The van der Waals surface area contributed by atoms with E-state index in [1.54, 1.807) is 12.1 Å². The van der Waals surface area contributed by atoms with Crippen LogP contribution >= 0.6 is 0 Å². The van der Waals surface area contributed by atoms with Crippen molar-refractivity contribution < 1.29 is 14.7 Å². The summed E-state index contributed by atoms with van der Waals surface area (Å²) in [6.07, 6.45) is 3.00. The van der Waals surface area contributed by atoms with Crippen LogP contribution in [0.4, 0.5) is 11.4 Å². The van der Waals surface area contributed by atoms with Crippen molar-refractivity contribution in [3.8, 4) is 0 Å². The summed E-state index contributed by atoms with van der Waals surface area (Å²) in [6, 6.07) is 5.13. The summed E-state index contributed by atoms with van der Waals surface area (Å²) in [4.78, 5) is 25.9. The van der Waals surface area contributed by atoms with Crippen LogP contribution in [0, 0.1) is 17.8 Å². The zero-order valence-corrected chi connectivity index (χ0v) is 13.7. The predicted molar refractivity (Wildman–Crippen MR) is 89.9 cm³/mol. The summed E-state index contributed by atoms with van der Waals surface area (Å²) in [5, 5.41) is 12.5. The van der Waals surface area contributed by atoms with Gasteiger partial charge in [-0.15, -0.1) is 0 Å². The molecule has 5 nitrogen and oxygen atoms in total. The standard InChI is InChI=1S/C18H24N2O3/c1-11-8-12(2)10-20(9-11)16-14(18(22)23)4-3-5-15(16)19-17(21)13-6-7-13/h3-5,11-13H,6-10H2,1-2H3,(H,19,21)(H,22,23). The van der Waals surface area contributed by atoms with E-state index in [0.29, 0.717) is 23.2 Å². The fourth-order valence-corrected chi connectivity index (χ4v) is 3.58. The lowest BCUT2D eigenvalue weighted by Crippen LogP contribution is -2.40. The van der Waals surface area contributed by atoms with Crippen molar-refractivity contribution in [1.29, 1.82) is 0 Å². The number of hydrogen-bond acceptors (Lipinski definition) is 3. The Hall–Kier alpha value is -2.04. The van der Waals surface area contributed by atoms with Gasteiger partial charge in [-0.2, -0.15) is 0 Å². The van der Waals surface area contributed by atoms with Crippen LogP contribution in [0.5, 0.6) is 0 Å². The van der Waals surface area contributed by atoms with Gasteiger partial charge in [0.1, 0.15) is 0 Å². The summed E-state index contributed by atoms with van der Waals surface area (Å²) in [6.45, 7) is 6.02. The number of carboxylic acid groups (broad SMARTS) is 1. The van der Waals surface area contributed by atoms with Gasteiger partial charge >= 0.3 is 5.97 Å². The van der Waals surface area contributed by atoms with Crippen molar-refractivity contribution in [2.75, 3.05) is 23.3 Å². The number of piperidine rings is 1. The Kier molecular flexibility index (Phi) is 4.28. The Balaban J connectivity index is 1.96. The molecular weight excluding hydrogens is 292 g/mol. The molecule has 2 N–H and O–H groups in total. The van der Waals surface area contributed by atoms with Crippen molar-refractivity contribution in [3.05, 3.63) is 23.8 Å². The summed E-state index contributed by atoms with van der Waals surface area (Å²) in [5.41, 5.74) is 1.55. The number of aromatic carboxylic acids is 1. The molecule has 0 radical (unpaired) electrons. The number of carbonyl (C=O) groups is 2. The molecule has 0 bridgehead atoms. The van der Waals surface area contributed by atoms with Crippen LogP contribution in [-0.4, -0.2) is 30.1 Å². The van der Waals surface area contributed by atoms with Crippen LogP contribution in [0.15, 0.2) is 18.2 Å². The Morgan fingerprint density at radius 1 is 1.17 bits per heavy atom. The smallest absolute Gasteiger partial charge is 0.337 e. The summed E-state index contributed by atoms with van der Waals surface area (Å²) >= 11 is 0. The number of nitrogens with one attached hydrogen (secondary N) is 1. The Morgan fingerprint density at radius 3 is 2.39 bits per heavy atom. The number of rotatable bonds is 4. The maximum Gasteiger partial charge on any atom is 0.337 e. The average molecular weight is 316 g/mol. The second-order valence-corrected chi connectivity index (χ2v) is 7.12. The number of nitrogens with zero attached hydrogens (tertiary/aromatic N) is 1. The molecule has 0 aromatic heterocycles. The van der Waals surface area contributed by atoms with Crippen LogP contribution in [-0.2, 0) is 4.79 Å². The molecule has 1 heterocycles. The van der Waals surface area contributed by atoms with Crippen molar-refractivity contribution in [2.45, 2.75) is 33.1 Å². The highest BCUT2D eigenvalue weighted by molar-refractivity contribution is 6.03. The second-order valence-electron chi connectivity index (χ2n) is 7.12. The van der Waals surface area contributed by atoms with Crippen molar-refractivity contribution in [2.24, 2.45) is 17.8 Å². The Morgan fingerprint density at radius 2 is 1.83 bits per heavy atom. The monoisotopic (exact) mass is 316 g/mol. The van der Waals surface area contributed by atoms with Gasteiger partial charge in [-0.05, 0) is 43.2 Å². The van der Waals surface area contributed by atoms with E-state index in [-0.39, 0.29) is 17.4 Å². The van der Waals surface area contributed by atoms with Gasteiger partial charge in [0, 0.05) is 19.0 Å². The van der Waals surface area contributed by atoms with Gasteiger partial charge in [-0.25, -0.2) is 4.79 Å². The third-order valence-electron chi connectivity index (χ3n) is 4.66. The Bertz CT molecular complexity index is 615. The van der Waals surface area contributed by atoms with E-state index < -0.39 is 5.97 Å². The topological polar surface area (TPSA) is 69.6 Å². The second kappa shape index (κ2) is 6.22. The van der Waals surface area contributed by atoms with Crippen molar-refractivity contribution in [3.63, 3.8) is 0 Å². The van der Waals surface area contributed by atoms with Gasteiger partial charge in [-0.3, -0.25) is 4.79 Å². The molecule has 1 aliphatic carbocycles. The van der Waals surface area contributed by atoms with Crippen LogP contribution < -0.4 is 10.2 Å². The summed E-state index contributed by atoms with van der Waals surface area (Å²) in [7, 11) is 0. The molecule has 2 atom stereocenters. The van der Waals surface area contributed by atoms with E-state index in [0.717, 1.165) is 32.4 Å². The van der Waals surface area contributed by atoms with Crippen molar-refractivity contribution >= 4 is 23.3 Å². The van der Waals surface area contributed by atoms with E-state index >= 15 is 0 Å². The van der Waals surface area contributed by atoms with E-state index in [1.165, 1.54) is 0 Å². The van der Waals surface area contributed by atoms with E-state index in [2.05, 4.69) is 24.1 Å². The van der Waals surface area contributed by atoms with Gasteiger partial charge in [-0.1, -0.05) is 19.9 Å². The molecule has 1 aromatic rings. The molecule has 5 heteroatoms. The average Bonchev–Trinajstić information content (AvgIpc) is 3.30. The van der Waals surface area contributed by atoms with Gasteiger partial charge in [0.2, 0.25) is 5.91 Å². The fourth-order valence-electron chi connectivity index (χ4n) is 3.58. The maximum atomic E-state index is 12.1. The summed E-state index contributed by atoms with van der Waals surface area (Å²) < 4.78 is 0. The van der Waals surface area contributed by atoms with Crippen LogP contribution in [0.3, 0.4) is 0 Å². The maximum absolute atomic E-state index is 12.1. The molecule has 23 heavy (non-hydrogen) atoms. The lowest BCUT2D eigenvalue weighted by Gasteiger charge is -2.38. The van der Waals surface area contributed by atoms with E-state index in [4.69, 9.17) is 0 Å². The lowest BCUT2D eigenvalue weighted by molar-refractivity contribution is -0.117. The van der Waals surface area contributed by atoms with Crippen LogP contribution in [0.2, 0.25) is 0 Å². The summed E-state index contributed by atoms with van der Waals surface area (Å²) in [5.74, 6) is 0.163. The first-order valence-electron chi connectivity index (χ1n) is 8.37. The fraction of sp³-hybridized carbons (Fsp3) is 0.556. The minimum Gasteiger partial charge on any atom is -0.478 e. The molecule has 2 fully saturated rings. The van der Waals surface area contributed by atoms with Gasteiger partial charge in [0.25, 0.3) is 0 Å². The molecular formula is C18H24N2O3. The molecule has 1 saturated heterocycles. The third-order valence-corrected chi connectivity index (χ3v) is 4.66. The van der Waals surface area contributed by atoms with Gasteiger partial charge < -0.3 is 15.3 Å². The van der Waals surface area contributed by atoms with E-state index in [1.807, 2.05) is 6.07 Å². The molecule has 124 valence electrons. The molecule has 1 aliphatic heterocycles. The quantitative estimate of drug-likeness (QED) is 0.895. The zero-order chi connectivity index (χ0) is 16.6. The predicted octanol–water partition coefficient (Wildman–Crippen LogP) is 3.22. The number of hydrogen-bond donors (Lipinski definition) is 2. The highest BCUT2D eigenvalue weighted by Gasteiger charge is 2.32. The van der Waals surface area contributed by atoms with Gasteiger partial charge in [0.15, 0.2) is 0 Å². The largest absolute Gasteiger partial charge is 0.478 e. The number of benzene rings is 1. The van der Waals surface area contributed by atoms with Gasteiger partial charge in [0.05, 0.1) is 16.9 Å². The molecule has 0 spiro atoms. The number of carbonyl (C=O) groups excluding carboxylic acids is 1. The number of para-hydroxylation sites is 1. The molecule has 1 amide bonds. The molecule has 1 aromatic carbocycles. The Labute approximate surface area is 136 Å². The minimum absolute atomic E-state index is 0.00638. The number of carboxylic acids is 1. The first kappa shape index (κ1) is 15.8. The lowest BCUT2D eigenvalue weighted by atomic mass is 9.91. The number of anilines is 2. The highest BCUT2D eigenvalue weighted by atomic mass is 16.4. The first-order valence-corrected chi connectivity index (χ1v) is 8.37. The van der Waals surface area contributed by atoms with Crippen LogP contribution in [0.25, 0.3) is 0 Å². The molecule has 1 saturated carbocycles. The highest BCUT2D eigenvalue weighted by Crippen LogP contribution is 2.37. The normalized spacial score (nSPS) is 24.3. The molecule has 2 aliphatic rings. The number of amides is 1. The first-order chi connectivity index (χ1) is 11.0. The molecule has 3 rings (SSSR count).